The molecule has 21 heavy (non-hydrogen) atoms. The third kappa shape index (κ3) is 4.70. The molecule has 2 rings (SSSR count). The van der Waals surface area contributed by atoms with E-state index < -0.39 is 6.10 Å². The number of rotatable bonds is 7. The molecule has 6 nitrogen and oxygen atoms in total. The van der Waals surface area contributed by atoms with Crippen molar-refractivity contribution in [3.8, 4) is 0 Å². The van der Waals surface area contributed by atoms with E-state index in [0.717, 1.165) is 19.4 Å². The summed E-state index contributed by atoms with van der Waals surface area (Å²) in [5.74, 6) is -0.174. The molecule has 1 aliphatic rings. The fourth-order valence-electron chi connectivity index (χ4n) is 2.23. The normalized spacial score (nSPS) is 19.2. The van der Waals surface area contributed by atoms with E-state index in [9.17, 15) is 9.90 Å². The first-order valence-corrected chi connectivity index (χ1v) is 7.22. The van der Waals surface area contributed by atoms with Crippen LogP contribution in [0.2, 0.25) is 0 Å². The Hall–Kier alpha value is -1.63. The maximum atomic E-state index is 12.2. The molecule has 116 valence electrons. The lowest BCUT2D eigenvalue weighted by atomic mass is 10.1. The van der Waals surface area contributed by atoms with Crippen LogP contribution in [0.15, 0.2) is 24.3 Å². The lowest BCUT2D eigenvalue weighted by Gasteiger charge is -2.15. The minimum absolute atomic E-state index is 0.102. The second kappa shape index (κ2) is 7.97. The summed E-state index contributed by atoms with van der Waals surface area (Å²) in [4.78, 5) is 12.2. The Balaban J connectivity index is 1.92. The average Bonchev–Trinajstić information content (AvgIpc) is 3.04. The van der Waals surface area contributed by atoms with Crippen molar-refractivity contribution in [3.63, 3.8) is 0 Å². The van der Waals surface area contributed by atoms with E-state index in [4.69, 9.17) is 9.84 Å². The van der Waals surface area contributed by atoms with Gasteiger partial charge in [0.2, 0.25) is 0 Å². The van der Waals surface area contributed by atoms with Gasteiger partial charge >= 0.3 is 0 Å². The smallest absolute Gasteiger partial charge is 0.253 e. The second-order valence-electron chi connectivity index (χ2n) is 5.11. The molecule has 1 aromatic carbocycles. The molecule has 1 heterocycles. The van der Waals surface area contributed by atoms with Crippen LogP contribution < -0.4 is 10.6 Å². The van der Waals surface area contributed by atoms with Crippen LogP contribution in [0.3, 0.4) is 0 Å². The van der Waals surface area contributed by atoms with Gasteiger partial charge in [0, 0.05) is 25.4 Å². The van der Waals surface area contributed by atoms with Crippen LogP contribution in [0, 0.1) is 0 Å². The minimum Gasteiger partial charge on any atom is -0.394 e. The molecule has 2 unspecified atom stereocenters. The van der Waals surface area contributed by atoms with E-state index in [1.807, 2.05) is 6.07 Å². The third-order valence-electron chi connectivity index (χ3n) is 3.42. The zero-order valence-electron chi connectivity index (χ0n) is 11.9. The number of hydrogen-bond acceptors (Lipinski definition) is 5. The van der Waals surface area contributed by atoms with E-state index in [0.29, 0.717) is 17.8 Å². The molecule has 0 radical (unpaired) electrons. The first kappa shape index (κ1) is 15.8. The molecule has 1 aromatic rings. The van der Waals surface area contributed by atoms with Crippen molar-refractivity contribution in [1.29, 1.82) is 0 Å². The predicted octanol–water partition coefficient (Wildman–Crippen LogP) is 0.361. The lowest BCUT2D eigenvalue weighted by Crippen LogP contribution is -2.32. The number of aliphatic hydroxyl groups excluding tert-OH is 2. The summed E-state index contributed by atoms with van der Waals surface area (Å²) >= 11 is 0. The van der Waals surface area contributed by atoms with Crippen LogP contribution in [0.25, 0.3) is 0 Å². The van der Waals surface area contributed by atoms with Crippen molar-refractivity contribution >= 4 is 11.6 Å². The maximum Gasteiger partial charge on any atom is 0.253 e. The number of carbonyl (C=O) groups is 1. The Labute approximate surface area is 124 Å². The van der Waals surface area contributed by atoms with Crippen molar-refractivity contribution in [2.24, 2.45) is 0 Å². The molecule has 4 N–H and O–H groups in total. The Bertz CT molecular complexity index is 461. The molecular weight excluding hydrogens is 272 g/mol. The van der Waals surface area contributed by atoms with Crippen molar-refractivity contribution in [2.75, 3.05) is 31.6 Å². The molecular formula is C15H22N2O4. The summed E-state index contributed by atoms with van der Waals surface area (Å²) < 4.78 is 5.47. The Kier molecular flexibility index (Phi) is 5.98. The molecule has 1 amide bonds. The molecule has 0 spiro atoms. The molecule has 6 heteroatoms. The average molecular weight is 294 g/mol. The molecule has 2 atom stereocenters. The van der Waals surface area contributed by atoms with Gasteiger partial charge in [0.15, 0.2) is 0 Å². The summed E-state index contributed by atoms with van der Waals surface area (Å²) in [5, 5.41) is 24.0. The minimum atomic E-state index is -0.854. The van der Waals surface area contributed by atoms with Gasteiger partial charge in [-0.3, -0.25) is 4.79 Å². The van der Waals surface area contributed by atoms with Gasteiger partial charge in [0.1, 0.15) is 0 Å². The Morgan fingerprint density at radius 1 is 1.43 bits per heavy atom. The van der Waals surface area contributed by atoms with Gasteiger partial charge in [-0.1, -0.05) is 12.1 Å². The van der Waals surface area contributed by atoms with Gasteiger partial charge in [0.25, 0.3) is 5.91 Å². The highest BCUT2D eigenvalue weighted by Gasteiger charge is 2.18. The van der Waals surface area contributed by atoms with Gasteiger partial charge in [-0.05, 0) is 25.0 Å². The topological polar surface area (TPSA) is 90.8 Å². The molecule has 1 aliphatic heterocycles. The molecule has 0 aliphatic carbocycles. The van der Waals surface area contributed by atoms with Crippen molar-refractivity contribution in [1.82, 2.24) is 5.32 Å². The number of ether oxygens (including phenoxy) is 1. The Morgan fingerprint density at radius 3 is 2.95 bits per heavy atom. The van der Waals surface area contributed by atoms with Gasteiger partial charge < -0.3 is 25.6 Å². The number of nitrogens with one attached hydrogen (secondary N) is 2. The van der Waals surface area contributed by atoms with Crippen LogP contribution in [0.5, 0.6) is 0 Å². The molecule has 0 saturated carbocycles. The highest BCUT2D eigenvalue weighted by Crippen LogP contribution is 2.16. The number of amides is 1. The first-order chi connectivity index (χ1) is 10.2. The van der Waals surface area contributed by atoms with Crippen molar-refractivity contribution < 1.29 is 19.7 Å². The molecule has 0 aromatic heterocycles. The van der Waals surface area contributed by atoms with E-state index >= 15 is 0 Å². The highest BCUT2D eigenvalue weighted by molar-refractivity contribution is 5.99. The summed E-state index contributed by atoms with van der Waals surface area (Å²) in [6.07, 6.45) is 1.26. The summed E-state index contributed by atoms with van der Waals surface area (Å²) in [5.41, 5.74) is 1.15. The van der Waals surface area contributed by atoms with Gasteiger partial charge in [-0.2, -0.15) is 0 Å². The highest BCUT2D eigenvalue weighted by atomic mass is 16.5. The number of aliphatic hydroxyl groups is 2. The number of para-hydroxylation sites is 1. The molecule has 0 bridgehead atoms. The summed E-state index contributed by atoms with van der Waals surface area (Å²) in [6.45, 7) is 1.14. The predicted molar refractivity (Wildman–Crippen MR) is 79.3 cm³/mol. The van der Waals surface area contributed by atoms with Gasteiger partial charge in [-0.25, -0.2) is 0 Å². The zero-order valence-corrected chi connectivity index (χ0v) is 11.9. The van der Waals surface area contributed by atoms with Crippen LogP contribution in [-0.2, 0) is 4.74 Å². The zero-order chi connectivity index (χ0) is 15.1. The van der Waals surface area contributed by atoms with E-state index in [1.54, 1.807) is 18.2 Å². The van der Waals surface area contributed by atoms with E-state index in [2.05, 4.69) is 10.6 Å². The van der Waals surface area contributed by atoms with Crippen molar-refractivity contribution in [2.45, 2.75) is 25.0 Å². The summed E-state index contributed by atoms with van der Waals surface area (Å²) in [6, 6.07) is 7.09. The summed E-state index contributed by atoms with van der Waals surface area (Å²) in [7, 11) is 0. The van der Waals surface area contributed by atoms with E-state index in [1.165, 1.54) is 0 Å². The largest absolute Gasteiger partial charge is 0.394 e. The number of carbonyl (C=O) groups excluding carboxylic acids is 1. The number of hydrogen-bond donors (Lipinski definition) is 4. The van der Waals surface area contributed by atoms with Crippen LogP contribution in [-0.4, -0.2) is 54.6 Å². The van der Waals surface area contributed by atoms with Crippen LogP contribution in [0.1, 0.15) is 23.2 Å². The maximum absolute atomic E-state index is 12.2. The fraction of sp³-hybridized carbons (Fsp3) is 0.533. The van der Waals surface area contributed by atoms with Gasteiger partial charge in [0.05, 0.1) is 24.4 Å². The number of anilines is 1. The standard InChI is InChI=1S/C15H22N2O4/c18-10-11(19)8-16-14-6-2-1-5-13(14)15(20)17-9-12-4-3-7-21-12/h1-2,5-6,11-12,16,18-19H,3-4,7-10H2,(H,17,20). The van der Waals surface area contributed by atoms with Crippen molar-refractivity contribution in [3.05, 3.63) is 29.8 Å². The van der Waals surface area contributed by atoms with E-state index in [-0.39, 0.29) is 25.2 Å². The first-order valence-electron chi connectivity index (χ1n) is 7.22. The number of benzene rings is 1. The monoisotopic (exact) mass is 294 g/mol. The quantitative estimate of drug-likeness (QED) is 0.583. The lowest BCUT2D eigenvalue weighted by molar-refractivity contribution is 0.0858. The fourth-order valence-corrected chi connectivity index (χ4v) is 2.23. The molecule has 1 saturated heterocycles. The van der Waals surface area contributed by atoms with Crippen LogP contribution >= 0.6 is 0 Å². The third-order valence-corrected chi connectivity index (χ3v) is 3.42. The second-order valence-corrected chi connectivity index (χ2v) is 5.11. The molecule has 1 fully saturated rings. The van der Waals surface area contributed by atoms with Crippen LogP contribution in [0.4, 0.5) is 5.69 Å². The Morgan fingerprint density at radius 2 is 2.24 bits per heavy atom. The SMILES string of the molecule is O=C(NCC1CCCO1)c1ccccc1NCC(O)CO. The van der Waals surface area contributed by atoms with Gasteiger partial charge in [-0.15, -0.1) is 0 Å².